The maximum Gasteiger partial charge on any atom is 0.847 e. The Labute approximate surface area is 276 Å². The molecule has 0 atom stereocenters. The average Bonchev–Trinajstić information content (AvgIpc) is 3.74. The van der Waals surface area contributed by atoms with Crippen LogP contribution in [-0.4, -0.2) is 21.9 Å². The second-order valence-corrected chi connectivity index (χ2v) is 11.9. The number of nitrogens with zero attached hydrogens (tertiary/aromatic N) is 2. The topological polar surface area (TPSA) is 38.1 Å². The molecule has 0 radical (unpaired) electrons. The van der Waals surface area contributed by atoms with Gasteiger partial charge in [0.05, 0.1) is 16.8 Å². The van der Waals surface area contributed by atoms with Gasteiger partial charge in [-0.1, -0.05) is 121 Å². The normalized spacial score (nSPS) is 13.9. The van der Waals surface area contributed by atoms with E-state index in [-0.39, 0.29) is 0 Å². The minimum atomic E-state index is -1.58. The van der Waals surface area contributed by atoms with E-state index in [1.165, 1.54) is 6.07 Å². The van der Waals surface area contributed by atoms with Gasteiger partial charge < -0.3 is 4.42 Å². The van der Waals surface area contributed by atoms with Crippen molar-refractivity contribution in [3.8, 4) is 22.4 Å². The minimum absolute atomic E-state index is 0.420. The van der Waals surface area contributed by atoms with Crippen LogP contribution < -0.4 is 5.63 Å². The summed E-state index contributed by atoms with van der Waals surface area (Å²) in [4.78, 5) is 12.4. The lowest BCUT2D eigenvalue weighted by molar-refractivity contribution is -0.332. The summed E-state index contributed by atoms with van der Waals surface area (Å²) in [6, 6.07) is 51.4. The number of hydrogen-bond acceptors (Lipinski definition) is 2. The summed E-state index contributed by atoms with van der Waals surface area (Å²) in [5.41, 5.74) is 10.4. The molecule has 0 aliphatic carbocycles. The molecule has 2 aliphatic rings. The zero-order valence-electron chi connectivity index (χ0n) is 25.8. The number of hydrogen-bond donors (Lipinski definition) is 0. The Morgan fingerprint density at radius 3 is 1.88 bits per heavy atom. The van der Waals surface area contributed by atoms with Gasteiger partial charge in [-0.05, 0) is 47.0 Å². The first-order valence-electron chi connectivity index (χ1n) is 15.9. The van der Waals surface area contributed by atoms with Gasteiger partial charge in [-0.15, -0.1) is 0 Å². The molecule has 0 unspecified atom stereocenters. The first-order valence-corrected chi connectivity index (χ1v) is 15.9. The smallest absolute Gasteiger partial charge is 0.423 e. The van der Waals surface area contributed by atoms with Gasteiger partial charge in [0, 0.05) is 39.9 Å². The molecule has 0 saturated heterocycles. The van der Waals surface area contributed by atoms with Gasteiger partial charge in [-0.3, -0.25) is 4.48 Å². The Kier molecular flexibility index (Phi) is 6.54. The molecule has 5 aromatic carbocycles. The third-order valence-electron chi connectivity index (χ3n) is 9.21. The maximum atomic E-state index is 18.0. The van der Waals surface area contributed by atoms with Crippen LogP contribution in [0.4, 0.5) is 4.32 Å². The Hall–Kier alpha value is -6.27. The molecule has 2 aliphatic heterocycles. The fraction of sp³-hybridized carbons (Fsp3) is 0. The molecule has 6 heteroatoms. The highest BCUT2D eigenvalue weighted by molar-refractivity contribution is 6.46. The summed E-state index contributed by atoms with van der Waals surface area (Å²) in [6.45, 7) is 0. The molecule has 0 bridgehead atoms. The van der Waals surface area contributed by atoms with Gasteiger partial charge in [0.15, 0.2) is 5.71 Å². The van der Waals surface area contributed by atoms with Gasteiger partial charge in [-0.2, -0.15) is 0 Å². The lowest BCUT2D eigenvalue weighted by Gasteiger charge is -2.24. The second kappa shape index (κ2) is 11.2. The Morgan fingerprint density at radius 1 is 0.604 bits per heavy atom. The van der Waals surface area contributed by atoms with Crippen LogP contribution in [0.2, 0.25) is 0 Å². The van der Waals surface area contributed by atoms with Crippen molar-refractivity contribution in [2.24, 2.45) is 0 Å². The molecule has 0 saturated carbocycles. The van der Waals surface area contributed by atoms with Crippen molar-refractivity contribution >= 4 is 35.1 Å². The number of aromatic nitrogens is 1. The largest absolute Gasteiger partial charge is 0.847 e. The fourth-order valence-corrected chi connectivity index (χ4v) is 7.14. The van der Waals surface area contributed by atoms with Gasteiger partial charge in [0.1, 0.15) is 5.58 Å². The third-order valence-corrected chi connectivity index (χ3v) is 9.21. The highest BCUT2D eigenvalue weighted by Crippen LogP contribution is 2.49. The Balaban J connectivity index is 1.50. The second-order valence-electron chi connectivity index (χ2n) is 11.9. The van der Waals surface area contributed by atoms with E-state index in [1.807, 2.05) is 124 Å². The number of rotatable bonds is 5. The standard InChI is InChI=1S/C42H27BFN2O2/c44-43-45-36(30-18-9-3-10-19-30)26-34(28-14-5-1-6-15-28)41(45)40(33-22-13-23-38-32(33)24-25-39(47)48-38)42-35(29-16-7-2-8-17-29)27-37(46(42)43)31-20-11-4-12-21-31/h1-27H/q+1. The molecule has 9 rings (SSSR count). The molecule has 4 nitrogen and oxygen atoms in total. The molecule has 2 aromatic heterocycles. The van der Waals surface area contributed by atoms with Crippen LogP contribution in [-0.2, 0) is 0 Å². The van der Waals surface area contributed by atoms with Crippen LogP contribution in [0, 0.1) is 0 Å². The highest BCUT2D eigenvalue weighted by atomic mass is 19.1. The Bertz CT molecular complexity index is 2520. The molecule has 0 fully saturated rings. The van der Waals surface area contributed by atoms with E-state index < -0.39 is 12.9 Å². The summed E-state index contributed by atoms with van der Waals surface area (Å²) in [5.74, 6) is 0. The minimum Gasteiger partial charge on any atom is -0.423 e. The predicted molar refractivity (Wildman–Crippen MR) is 191 cm³/mol. The van der Waals surface area contributed by atoms with E-state index in [2.05, 4.69) is 36.4 Å². The number of halogens is 1. The summed E-state index contributed by atoms with van der Waals surface area (Å²) in [5, 5.41) is 0.769. The fourth-order valence-electron chi connectivity index (χ4n) is 7.14. The lowest BCUT2D eigenvalue weighted by atomic mass is 9.83. The van der Waals surface area contributed by atoms with E-state index in [1.54, 1.807) is 6.07 Å². The van der Waals surface area contributed by atoms with Crippen LogP contribution in [0.1, 0.15) is 22.4 Å². The molecule has 226 valence electrons. The molecule has 48 heavy (non-hydrogen) atoms. The zero-order valence-corrected chi connectivity index (χ0v) is 25.8. The van der Waals surface area contributed by atoms with Crippen molar-refractivity contribution in [2.75, 3.05) is 0 Å². The van der Waals surface area contributed by atoms with Crippen molar-refractivity contribution in [3.63, 3.8) is 0 Å². The summed E-state index contributed by atoms with van der Waals surface area (Å²) in [6.07, 6.45) is 2.11. The molecule has 0 amide bonds. The monoisotopic (exact) mass is 621 g/mol. The van der Waals surface area contributed by atoms with E-state index in [4.69, 9.17) is 4.42 Å². The van der Waals surface area contributed by atoms with Crippen molar-refractivity contribution in [3.05, 3.63) is 202 Å². The molecule has 4 heterocycles. The van der Waals surface area contributed by atoms with Crippen molar-refractivity contribution in [1.29, 1.82) is 0 Å². The predicted octanol–water partition coefficient (Wildman–Crippen LogP) is 9.10. The molecule has 0 N–H and O–H groups in total. The molecular weight excluding hydrogens is 594 g/mol. The molecule has 0 spiro atoms. The van der Waals surface area contributed by atoms with Crippen LogP contribution in [0.15, 0.2) is 179 Å². The lowest BCUT2D eigenvalue weighted by Crippen LogP contribution is -2.41. The van der Waals surface area contributed by atoms with Crippen molar-refractivity contribution in [2.45, 2.75) is 0 Å². The van der Waals surface area contributed by atoms with Crippen molar-refractivity contribution in [1.82, 2.24) is 4.48 Å². The summed E-state index contributed by atoms with van der Waals surface area (Å²) >= 11 is 0. The van der Waals surface area contributed by atoms with Gasteiger partial charge in [0.2, 0.25) is 5.70 Å². The van der Waals surface area contributed by atoms with Crippen LogP contribution in [0.3, 0.4) is 0 Å². The van der Waals surface area contributed by atoms with Gasteiger partial charge >= 0.3 is 12.9 Å². The SMILES string of the molecule is O=c1ccc2c(C3=C4C(c5ccccc5)=CC(c5ccccc5)=[N+]4B(F)n4c(-c5ccccc5)cc(-c5ccccc5)c43)cccc2o1. The molecule has 7 aromatic rings. The third kappa shape index (κ3) is 4.37. The van der Waals surface area contributed by atoms with Crippen LogP contribution in [0.5, 0.6) is 0 Å². The molecular formula is C42H27BFN2O2+. The number of benzene rings is 5. The first kappa shape index (κ1) is 28.0. The first-order chi connectivity index (χ1) is 23.7. The van der Waals surface area contributed by atoms with E-state index >= 15 is 4.32 Å². The van der Waals surface area contributed by atoms with Gasteiger partial charge in [-0.25, -0.2) is 13.6 Å². The highest BCUT2D eigenvalue weighted by Gasteiger charge is 2.54. The Morgan fingerprint density at radius 2 is 1.21 bits per heavy atom. The van der Waals surface area contributed by atoms with E-state index in [0.29, 0.717) is 5.58 Å². The van der Waals surface area contributed by atoms with Crippen LogP contribution >= 0.6 is 0 Å². The maximum absolute atomic E-state index is 18.0. The summed E-state index contributed by atoms with van der Waals surface area (Å²) in [7, 11) is -1.58. The van der Waals surface area contributed by atoms with Crippen LogP contribution in [0.25, 0.3) is 44.5 Å². The zero-order chi connectivity index (χ0) is 32.2. The average molecular weight is 622 g/mol. The number of fused-ring (bicyclic) bond motifs is 3. The quantitative estimate of drug-likeness (QED) is 0.142. The number of allylic oxidation sites excluding steroid dienone is 2. The van der Waals surface area contributed by atoms with E-state index in [0.717, 1.165) is 72.7 Å². The van der Waals surface area contributed by atoms with E-state index in [9.17, 15) is 4.79 Å². The van der Waals surface area contributed by atoms with Crippen molar-refractivity contribution < 1.29 is 13.2 Å². The van der Waals surface area contributed by atoms with Gasteiger partial charge in [0.25, 0.3) is 0 Å². The summed E-state index contributed by atoms with van der Waals surface area (Å²) < 4.78 is 27.4.